The molecule has 0 aliphatic carbocycles. The Bertz CT molecular complexity index is 522. The number of methoxy groups -OCH3 is 1. The summed E-state index contributed by atoms with van der Waals surface area (Å²) in [4.78, 5) is 33.8. The molecule has 0 aromatic heterocycles. The average molecular weight is 319 g/mol. The molecule has 0 heterocycles. The highest BCUT2D eigenvalue weighted by Gasteiger charge is 2.06. The Hall–Kier alpha value is -2.17. The minimum atomic E-state index is -0.203. The Morgan fingerprint density at radius 3 is 2.26 bits per heavy atom. The summed E-state index contributed by atoms with van der Waals surface area (Å²) in [5.41, 5.74) is 1.80. The average Bonchev–Trinajstić information content (AvgIpc) is 2.54. The summed E-state index contributed by atoms with van der Waals surface area (Å²) in [5.74, 6) is -0.119. The van der Waals surface area contributed by atoms with Crippen LogP contribution in [-0.2, 0) is 20.7 Å². The molecular weight excluding hydrogens is 294 g/mol. The van der Waals surface area contributed by atoms with Gasteiger partial charge in [-0.25, -0.2) is 0 Å². The largest absolute Gasteiger partial charge is 0.469 e. The molecular formula is C18H25NO4. The lowest BCUT2D eigenvalue weighted by Gasteiger charge is -2.05. The molecule has 0 atom stereocenters. The highest BCUT2D eigenvalue weighted by molar-refractivity contribution is 5.96. The van der Waals surface area contributed by atoms with Crippen LogP contribution in [0.1, 0.15) is 54.9 Å². The molecule has 23 heavy (non-hydrogen) atoms. The van der Waals surface area contributed by atoms with Gasteiger partial charge < -0.3 is 10.1 Å². The van der Waals surface area contributed by atoms with Crippen molar-refractivity contribution in [2.24, 2.45) is 0 Å². The Kier molecular flexibility index (Phi) is 8.65. The van der Waals surface area contributed by atoms with Crippen LogP contribution < -0.4 is 5.32 Å². The quantitative estimate of drug-likeness (QED) is 0.409. The maximum Gasteiger partial charge on any atom is 0.305 e. The molecule has 0 unspecified atom stereocenters. The number of amides is 1. The van der Waals surface area contributed by atoms with Gasteiger partial charge in [0.15, 0.2) is 5.78 Å². The van der Waals surface area contributed by atoms with E-state index in [1.807, 2.05) is 24.3 Å². The maximum atomic E-state index is 12.1. The van der Waals surface area contributed by atoms with E-state index in [0.29, 0.717) is 24.9 Å². The molecule has 0 radical (unpaired) electrons. The lowest BCUT2D eigenvalue weighted by Crippen LogP contribution is -2.22. The van der Waals surface area contributed by atoms with Gasteiger partial charge in [0.05, 0.1) is 7.11 Å². The minimum Gasteiger partial charge on any atom is -0.469 e. The predicted molar refractivity (Wildman–Crippen MR) is 88.3 cm³/mol. The number of ketones is 1. The summed E-state index contributed by atoms with van der Waals surface area (Å²) in [6.07, 6.45) is 4.03. The van der Waals surface area contributed by atoms with Crippen molar-refractivity contribution in [3.8, 4) is 0 Å². The van der Waals surface area contributed by atoms with Crippen LogP contribution in [0.25, 0.3) is 0 Å². The first-order valence-corrected chi connectivity index (χ1v) is 7.96. The van der Waals surface area contributed by atoms with Crippen molar-refractivity contribution in [2.75, 3.05) is 13.7 Å². The summed E-state index contributed by atoms with van der Waals surface area (Å²) >= 11 is 0. The van der Waals surface area contributed by atoms with Gasteiger partial charge >= 0.3 is 5.97 Å². The van der Waals surface area contributed by atoms with Crippen molar-refractivity contribution in [2.45, 2.75) is 45.4 Å². The molecule has 0 fully saturated rings. The molecule has 1 amide bonds. The molecule has 0 aliphatic rings. The van der Waals surface area contributed by atoms with E-state index in [9.17, 15) is 14.4 Å². The number of nitrogens with one attached hydrogen (secondary N) is 1. The van der Waals surface area contributed by atoms with Crippen LogP contribution in [0, 0.1) is 0 Å². The Labute approximate surface area is 137 Å². The first kappa shape index (κ1) is 18.9. The second-order valence-corrected chi connectivity index (χ2v) is 5.49. The molecule has 126 valence electrons. The van der Waals surface area contributed by atoms with Gasteiger partial charge in [0.2, 0.25) is 5.91 Å². The minimum absolute atomic E-state index is 0.0380. The van der Waals surface area contributed by atoms with E-state index in [1.165, 1.54) is 14.0 Å². The topological polar surface area (TPSA) is 72.5 Å². The number of Topliss-reactive ketones (excluding diaryl/α,β-unsaturated/α-hetero) is 1. The zero-order chi connectivity index (χ0) is 17.1. The van der Waals surface area contributed by atoms with Gasteiger partial charge in [-0.05, 0) is 24.8 Å². The monoisotopic (exact) mass is 319 g/mol. The summed E-state index contributed by atoms with van der Waals surface area (Å²) in [5, 5.41) is 2.74. The van der Waals surface area contributed by atoms with Crippen molar-refractivity contribution in [1.29, 1.82) is 0 Å². The smallest absolute Gasteiger partial charge is 0.305 e. The summed E-state index contributed by atoms with van der Waals surface area (Å²) < 4.78 is 4.57. The van der Waals surface area contributed by atoms with E-state index in [1.54, 1.807) is 0 Å². The molecule has 0 spiro atoms. The molecule has 0 bridgehead atoms. The number of rotatable bonds is 10. The van der Waals surface area contributed by atoms with Crippen molar-refractivity contribution < 1.29 is 19.1 Å². The molecule has 1 N–H and O–H groups in total. The van der Waals surface area contributed by atoms with E-state index < -0.39 is 0 Å². The second-order valence-electron chi connectivity index (χ2n) is 5.49. The number of ether oxygens (including phenoxy) is 1. The zero-order valence-electron chi connectivity index (χ0n) is 13.9. The fourth-order valence-corrected chi connectivity index (χ4v) is 2.22. The van der Waals surface area contributed by atoms with E-state index in [0.717, 1.165) is 31.2 Å². The zero-order valence-corrected chi connectivity index (χ0v) is 13.9. The van der Waals surface area contributed by atoms with Crippen LogP contribution >= 0.6 is 0 Å². The van der Waals surface area contributed by atoms with Gasteiger partial charge in [-0.15, -0.1) is 0 Å². The normalized spacial score (nSPS) is 10.2. The van der Waals surface area contributed by atoms with E-state index >= 15 is 0 Å². The van der Waals surface area contributed by atoms with Gasteiger partial charge in [0.1, 0.15) is 0 Å². The van der Waals surface area contributed by atoms with E-state index in [4.69, 9.17) is 0 Å². The van der Waals surface area contributed by atoms with Gasteiger partial charge in [-0.2, -0.15) is 0 Å². The summed E-state index contributed by atoms with van der Waals surface area (Å²) in [6, 6.07) is 7.51. The van der Waals surface area contributed by atoms with Crippen molar-refractivity contribution in [3.63, 3.8) is 0 Å². The van der Waals surface area contributed by atoms with Crippen LogP contribution in [0.5, 0.6) is 0 Å². The molecule has 1 aromatic carbocycles. The fraction of sp³-hybridized carbons (Fsp3) is 0.500. The summed E-state index contributed by atoms with van der Waals surface area (Å²) in [6.45, 7) is 2.09. The van der Waals surface area contributed by atoms with Crippen molar-refractivity contribution in [1.82, 2.24) is 5.32 Å². The number of unbranched alkanes of at least 4 members (excludes halogenated alkanes) is 2. The standard InChI is InChI=1S/C18H25NO4/c1-14(20)19-13-12-15-8-10-16(11-9-15)17(21)6-4-3-5-7-18(22)23-2/h8-11H,3-7,12-13H2,1-2H3,(H,19,20). The predicted octanol–water partition coefficient (Wildman–Crippen LogP) is 2.67. The Morgan fingerprint density at radius 1 is 1.00 bits per heavy atom. The maximum absolute atomic E-state index is 12.1. The number of carbonyl (C=O) groups excluding carboxylic acids is 3. The molecule has 5 nitrogen and oxygen atoms in total. The lowest BCUT2D eigenvalue weighted by molar-refractivity contribution is -0.140. The SMILES string of the molecule is COC(=O)CCCCCC(=O)c1ccc(CCNC(C)=O)cc1. The van der Waals surface area contributed by atoms with Gasteiger partial charge in [0, 0.05) is 31.9 Å². The molecule has 5 heteroatoms. The van der Waals surface area contributed by atoms with Gasteiger partial charge in [-0.1, -0.05) is 30.7 Å². The van der Waals surface area contributed by atoms with Crippen LogP contribution in [0.2, 0.25) is 0 Å². The highest BCUT2D eigenvalue weighted by Crippen LogP contribution is 2.11. The van der Waals surface area contributed by atoms with Crippen LogP contribution in [0.3, 0.4) is 0 Å². The van der Waals surface area contributed by atoms with E-state index in [-0.39, 0.29) is 17.7 Å². The first-order valence-electron chi connectivity index (χ1n) is 7.96. The van der Waals surface area contributed by atoms with Crippen LogP contribution in [0.4, 0.5) is 0 Å². The molecule has 0 saturated heterocycles. The van der Waals surface area contributed by atoms with E-state index in [2.05, 4.69) is 10.1 Å². The van der Waals surface area contributed by atoms with Crippen molar-refractivity contribution >= 4 is 17.7 Å². The molecule has 1 rings (SSSR count). The van der Waals surface area contributed by atoms with Crippen LogP contribution in [0.15, 0.2) is 24.3 Å². The number of carbonyl (C=O) groups is 3. The molecule has 0 aliphatic heterocycles. The third kappa shape index (κ3) is 8.14. The Balaban J connectivity index is 2.28. The van der Waals surface area contributed by atoms with Gasteiger partial charge in [-0.3, -0.25) is 14.4 Å². The number of esters is 1. The number of hydrogen-bond donors (Lipinski definition) is 1. The Morgan fingerprint density at radius 2 is 1.65 bits per heavy atom. The second kappa shape index (κ2) is 10.5. The third-order valence-electron chi connectivity index (χ3n) is 3.58. The van der Waals surface area contributed by atoms with Crippen molar-refractivity contribution in [3.05, 3.63) is 35.4 Å². The number of hydrogen-bond acceptors (Lipinski definition) is 4. The fourth-order valence-electron chi connectivity index (χ4n) is 2.22. The van der Waals surface area contributed by atoms with Crippen LogP contribution in [-0.4, -0.2) is 31.3 Å². The third-order valence-corrected chi connectivity index (χ3v) is 3.58. The number of benzene rings is 1. The molecule has 1 aromatic rings. The molecule has 0 saturated carbocycles. The first-order chi connectivity index (χ1) is 11.0. The highest BCUT2D eigenvalue weighted by atomic mass is 16.5. The van der Waals surface area contributed by atoms with Gasteiger partial charge in [0.25, 0.3) is 0 Å². The lowest BCUT2D eigenvalue weighted by atomic mass is 10.0. The summed E-state index contributed by atoms with van der Waals surface area (Å²) in [7, 11) is 1.38.